The number of aliphatic carboxylic acids is 1. The van der Waals surface area contributed by atoms with E-state index in [-0.39, 0.29) is 37.9 Å². The maximum absolute atomic E-state index is 13.7. The zero-order valence-electron chi connectivity index (χ0n) is 22.1. The molecule has 0 bridgehead atoms. The lowest BCUT2D eigenvalue weighted by Gasteiger charge is -2.24. The molecule has 2 amide bonds. The fourth-order valence-corrected chi connectivity index (χ4v) is 5.34. The van der Waals surface area contributed by atoms with E-state index in [0.717, 1.165) is 48.2 Å². The molecule has 206 valence electrons. The number of hydrogen-bond donors (Lipinski definition) is 2. The van der Waals surface area contributed by atoms with E-state index in [4.69, 9.17) is 22.1 Å². The van der Waals surface area contributed by atoms with Gasteiger partial charge in [-0.3, -0.25) is 19.8 Å². The van der Waals surface area contributed by atoms with Crippen molar-refractivity contribution in [1.29, 1.82) is 5.41 Å². The SMILES string of the molecule is N=C(c1ccc(CN2C(=O)CN(C(=O)c3ccc(Cl)cc3)Cc3ccc(CCC(=O)O)cc32)cc1)N1CCCC1. The van der Waals surface area contributed by atoms with E-state index in [9.17, 15) is 14.4 Å². The Morgan fingerprint density at radius 2 is 1.50 bits per heavy atom. The smallest absolute Gasteiger partial charge is 0.303 e. The third-order valence-electron chi connectivity index (χ3n) is 7.43. The van der Waals surface area contributed by atoms with Crippen molar-refractivity contribution in [3.05, 3.63) is 99.6 Å². The number of halogens is 1. The summed E-state index contributed by atoms with van der Waals surface area (Å²) in [6, 6.07) is 19.9. The zero-order chi connectivity index (χ0) is 28.2. The van der Waals surface area contributed by atoms with Gasteiger partial charge in [0.15, 0.2) is 0 Å². The van der Waals surface area contributed by atoms with Crippen molar-refractivity contribution in [2.45, 2.75) is 38.8 Å². The maximum Gasteiger partial charge on any atom is 0.303 e. The molecule has 2 heterocycles. The van der Waals surface area contributed by atoms with Crippen LogP contribution in [0.2, 0.25) is 5.02 Å². The summed E-state index contributed by atoms with van der Waals surface area (Å²) in [5.74, 6) is -0.871. The monoisotopic (exact) mass is 558 g/mol. The number of carbonyl (C=O) groups is 3. The van der Waals surface area contributed by atoms with Crippen LogP contribution in [-0.4, -0.2) is 58.2 Å². The van der Waals surface area contributed by atoms with Crippen molar-refractivity contribution in [3.8, 4) is 0 Å². The first-order valence-corrected chi connectivity index (χ1v) is 13.8. The van der Waals surface area contributed by atoms with Crippen LogP contribution in [0.1, 0.15) is 51.9 Å². The first kappa shape index (κ1) is 27.4. The largest absolute Gasteiger partial charge is 0.481 e. The quantitative estimate of drug-likeness (QED) is 0.315. The van der Waals surface area contributed by atoms with Crippen LogP contribution in [0.5, 0.6) is 0 Å². The van der Waals surface area contributed by atoms with Crippen LogP contribution in [0, 0.1) is 5.41 Å². The molecule has 0 atom stereocenters. The fourth-order valence-electron chi connectivity index (χ4n) is 5.21. The Labute approximate surface area is 238 Å². The van der Waals surface area contributed by atoms with Gasteiger partial charge in [0.05, 0.1) is 6.54 Å². The molecule has 0 saturated carbocycles. The molecule has 2 N–H and O–H groups in total. The molecular weight excluding hydrogens is 528 g/mol. The molecule has 2 aliphatic heterocycles. The van der Waals surface area contributed by atoms with E-state index in [0.29, 0.717) is 28.5 Å². The highest BCUT2D eigenvalue weighted by atomic mass is 35.5. The number of nitrogens with zero attached hydrogens (tertiary/aromatic N) is 3. The lowest BCUT2D eigenvalue weighted by atomic mass is 10.0. The van der Waals surface area contributed by atoms with Gasteiger partial charge in [0.1, 0.15) is 12.4 Å². The van der Waals surface area contributed by atoms with Gasteiger partial charge in [-0.15, -0.1) is 0 Å². The van der Waals surface area contributed by atoms with Crippen molar-refractivity contribution in [2.75, 3.05) is 24.5 Å². The number of carboxylic acid groups (broad SMARTS) is 1. The van der Waals surface area contributed by atoms with Gasteiger partial charge in [0.25, 0.3) is 5.91 Å². The number of aryl methyl sites for hydroxylation is 1. The number of amides is 2. The van der Waals surface area contributed by atoms with Crippen molar-refractivity contribution < 1.29 is 19.5 Å². The molecule has 3 aromatic carbocycles. The van der Waals surface area contributed by atoms with E-state index < -0.39 is 5.97 Å². The molecular formula is C31H31ClN4O4. The topological polar surface area (TPSA) is 105 Å². The van der Waals surface area contributed by atoms with Crippen LogP contribution < -0.4 is 4.90 Å². The number of benzene rings is 3. The Hall–Kier alpha value is -4.17. The number of anilines is 1. The predicted molar refractivity (Wildman–Crippen MR) is 154 cm³/mol. The molecule has 1 fully saturated rings. The standard InChI is InChI=1S/C31H31ClN4O4/c32-26-12-10-24(11-13-26)31(40)35-19-25-9-3-21(6-14-29(38)39)17-27(25)36(28(37)20-35)18-22-4-7-23(8-5-22)30(33)34-15-1-2-16-34/h3-5,7-13,17,33H,1-2,6,14-16,18-20H2,(H,38,39). The second-order valence-electron chi connectivity index (χ2n) is 10.2. The number of likely N-dealkylation sites (tertiary alicyclic amines) is 1. The summed E-state index contributed by atoms with van der Waals surface area (Å²) in [6.07, 6.45) is 2.52. The summed E-state index contributed by atoms with van der Waals surface area (Å²) in [4.78, 5) is 43.5. The average Bonchev–Trinajstić information content (AvgIpc) is 3.46. The van der Waals surface area contributed by atoms with Crippen LogP contribution >= 0.6 is 11.6 Å². The number of hydrogen-bond acceptors (Lipinski definition) is 4. The van der Waals surface area contributed by atoms with Gasteiger partial charge < -0.3 is 19.8 Å². The molecule has 5 rings (SSSR count). The number of amidine groups is 1. The van der Waals surface area contributed by atoms with Gasteiger partial charge in [-0.25, -0.2) is 0 Å². The first-order chi connectivity index (χ1) is 19.3. The molecule has 0 radical (unpaired) electrons. The van der Waals surface area contributed by atoms with Crippen LogP contribution in [0.3, 0.4) is 0 Å². The summed E-state index contributed by atoms with van der Waals surface area (Å²) < 4.78 is 0. The third-order valence-corrected chi connectivity index (χ3v) is 7.68. The van der Waals surface area contributed by atoms with Crippen molar-refractivity contribution in [1.82, 2.24) is 9.80 Å². The first-order valence-electron chi connectivity index (χ1n) is 13.4. The fraction of sp³-hybridized carbons (Fsp3) is 0.290. The molecule has 1 saturated heterocycles. The van der Waals surface area contributed by atoms with E-state index in [1.54, 1.807) is 29.2 Å². The van der Waals surface area contributed by atoms with Crippen LogP contribution in [0.25, 0.3) is 0 Å². The molecule has 40 heavy (non-hydrogen) atoms. The molecule has 0 unspecified atom stereocenters. The highest BCUT2D eigenvalue weighted by Crippen LogP contribution is 2.30. The number of rotatable bonds is 7. The number of fused-ring (bicyclic) bond motifs is 1. The minimum absolute atomic E-state index is 0.0155. The third kappa shape index (κ3) is 6.18. The highest BCUT2D eigenvalue weighted by molar-refractivity contribution is 6.30. The van der Waals surface area contributed by atoms with Gasteiger partial charge in [-0.1, -0.05) is 48.0 Å². The van der Waals surface area contributed by atoms with E-state index >= 15 is 0 Å². The Morgan fingerprint density at radius 3 is 2.17 bits per heavy atom. The van der Waals surface area contributed by atoms with Gasteiger partial charge in [0.2, 0.25) is 5.91 Å². The molecule has 2 aliphatic rings. The van der Waals surface area contributed by atoms with Gasteiger partial charge in [-0.05, 0) is 66.3 Å². The minimum atomic E-state index is -0.887. The highest BCUT2D eigenvalue weighted by Gasteiger charge is 2.30. The molecule has 0 aromatic heterocycles. The lowest BCUT2D eigenvalue weighted by Crippen LogP contribution is -2.39. The summed E-state index contributed by atoms with van der Waals surface area (Å²) in [7, 11) is 0. The average molecular weight is 559 g/mol. The van der Waals surface area contributed by atoms with Crippen molar-refractivity contribution >= 4 is 40.9 Å². The Morgan fingerprint density at radius 1 is 0.850 bits per heavy atom. The Kier molecular flexibility index (Phi) is 8.16. The van der Waals surface area contributed by atoms with Crippen LogP contribution in [0.4, 0.5) is 5.69 Å². The second kappa shape index (κ2) is 11.9. The van der Waals surface area contributed by atoms with Gasteiger partial charge in [0, 0.05) is 47.9 Å². The van der Waals surface area contributed by atoms with E-state index in [1.807, 2.05) is 42.5 Å². The van der Waals surface area contributed by atoms with E-state index in [1.165, 1.54) is 4.90 Å². The van der Waals surface area contributed by atoms with E-state index in [2.05, 4.69) is 4.90 Å². The number of carboxylic acids is 1. The lowest BCUT2D eigenvalue weighted by molar-refractivity contribution is -0.137. The van der Waals surface area contributed by atoms with Crippen molar-refractivity contribution in [3.63, 3.8) is 0 Å². The normalized spacial score (nSPS) is 15.1. The molecule has 0 spiro atoms. The van der Waals surface area contributed by atoms with Crippen LogP contribution in [-0.2, 0) is 29.1 Å². The summed E-state index contributed by atoms with van der Waals surface area (Å²) >= 11 is 6.00. The summed E-state index contributed by atoms with van der Waals surface area (Å²) in [5.41, 5.74) is 4.47. The summed E-state index contributed by atoms with van der Waals surface area (Å²) in [5, 5.41) is 18.2. The molecule has 9 heteroatoms. The minimum Gasteiger partial charge on any atom is -0.481 e. The van der Waals surface area contributed by atoms with Crippen molar-refractivity contribution in [2.24, 2.45) is 0 Å². The Balaban J connectivity index is 1.43. The zero-order valence-corrected chi connectivity index (χ0v) is 22.9. The van der Waals surface area contributed by atoms with Gasteiger partial charge in [-0.2, -0.15) is 0 Å². The van der Waals surface area contributed by atoms with Gasteiger partial charge >= 0.3 is 5.97 Å². The predicted octanol–water partition coefficient (Wildman–Crippen LogP) is 4.97. The Bertz CT molecular complexity index is 1430. The number of carbonyl (C=O) groups excluding carboxylic acids is 2. The second-order valence-corrected chi connectivity index (χ2v) is 10.7. The maximum atomic E-state index is 13.7. The molecule has 3 aromatic rings. The van der Waals surface area contributed by atoms with Crippen LogP contribution in [0.15, 0.2) is 66.7 Å². The molecule has 0 aliphatic carbocycles. The number of nitrogens with one attached hydrogen (secondary N) is 1. The molecule has 8 nitrogen and oxygen atoms in total. The summed E-state index contributed by atoms with van der Waals surface area (Å²) in [6.45, 7) is 2.22.